The third-order valence-corrected chi connectivity index (χ3v) is 3.10. The van der Waals surface area contributed by atoms with Gasteiger partial charge in [-0.3, -0.25) is 0 Å². The Bertz CT molecular complexity index is 536. The predicted molar refractivity (Wildman–Crippen MR) is 69.6 cm³/mol. The van der Waals surface area contributed by atoms with Crippen LogP contribution < -0.4 is 15.2 Å². The van der Waals surface area contributed by atoms with E-state index < -0.39 is 0 Å². The van der Waals surface area contributed by atoms with Gasteiger partial charge in [0.05, 0.1) is 0 Å². The van der Waals surface area contributed by atoms with E-state index in [2.05, 4.69) is 0 Å². The molecule has 2 aromatic carbocycles. The van der Waals surface area contributed by atoms with Gasteiger partial charge in [-0.15, -0.1) is 0 Å². The molecule has 0 radical (unpaired) electrons. The van der Waals surface area contributed by atoms with Crippen LogP contribution in [0.3, 0.4) is 0 Å². The monoisotopic (exact) mass is 241 g/mol. The molecule has 0 aliphatic carbocycles. The molecule has 2 N–H and O–H groups in total. The number of benzene rings is 2. The van der Waals surface area contributed by atoms with Gasteiger partial charge in [-0.25, -0.2) is 0 Å². The summed E-state index contributed by atoms with van der Waals surface area (Å²) >= 11 is 0. The molecular weight excluding hydrogens is 226 g/mol. The third kappa shape index (κ3) is 2.05. The van der Waals surface area contributed by atoms with Crippen molar-refractivity contribution in [3.8, 4) is 11.5 Å². The fraction of sp³-hybridized carbons (Fsp3) is 0.200. The van der Waals surface area contributed by atoms with Crippen LogP contribution in [0.15, 0.2) is 48.5 Å². The predicted octanol–water partition coefficient (Wildman–Crippen LogP) is 2.66. The summed E-state index contributed by atoms with van der Waals surface area (Å²) in [5.74, 6) is 1.61. The second-order valence-corrected chi connectivity index (χ2v) is 4.31. The average molecular weight is 241 g/mol. The highest BCUT2D eigenvalue weighted by Gasteiger charge is 2.21. The summed E-state index contributed by atoms with van der Waals surface area (Å²) in [6.45, 7) is 1.10. The maximum Gasteiger partial charge on any atom is 0.162 e. The summed E-state index contributed by atoms with van der Waals surface area (Å²) in [7, 11) is 0. The number of ether oxygens (including phenoxy) is 2. The van der Waals surface area contributed by atoms with Crippen molar-refractivity contribution in [2.24, 2.45) is 5.73 Å². The summed E-state index contributed by atoms with van der Waals surface area (Å²) in [5, 5.41) is 0. The molecule has 0 aromatic heterocycles. The van der Waals surface area contributed by atoms with Crippen LogP contribution >= 0.6 is 0 Å². The molecule has 92 valence electrons. The molecule has 1 aliphatic rings. The quantitative estimate of drug-likeness (QED) is 0.879. The van der Waals surface area contributed by atoms with Crippen LogP contribution in [0.2, 0.25) is 0 Å². The van der Waals surface area contributed by atoms with Gasteiger partial charge in [-0.2, -0.15) is 0 Å². The van der Waals surface area contributed by atoms with Crippen molar-refractivity contribution in [1.82, 2.24) is 0 Å². The average Bonchev–Trinajstić information content (AvgIpc) is 2.47. The highest BCUT2D eigenvalue weighted by Crippen LogP contribution is 2.35. The van der Waals surface area contributed by atoms with E-state index in [9.17, 15) is 0 Å². The summed E-state index contributed by atoms with van der Waals surface area (Å²) in [6.07, 6.45) is -0.0493. The van der Waals surface area contributed by atoms with Gasteiger partial charge in [-0.05, 0) is 23.3 Å². The maximum absolute atomic E-state index is 5.94. The highest BCUT2D eigenvalue weighted by atomic mass is 16.6. The molecule has 2 aromatic rings. The second kappa shape index (κ2) is 4.70. The van der Waals surface area contributed by atoms with Gasteiger partial charge in [0.15, 0.2) is 17.6 Å². The minimum Gasteiger partial charge on any atom is -0.485 e. The lowest BCUT2D eigenvalue weighted by Gasteiger charge is -2.26. The van der Waals surface area contributed by atoms with Crippen LogP contribution in [0, 0.1) is 0 Å². The standard InChI is InChI=1S/C15H15NO2/c16-9-11-5-7-12(8-6-11)15-10-17-13-3-1-2-4-14(13)18-15/h1-8,15H,9-10,16H2. The third-order valence-electron chi connectivity index (χ3n) is 3.10. The molecule has 0 spiro atoms. The zero-order valence-electron chi connectivity index (χ0n) is 10.0. The Morgan fingerprint density at radius 3 is 2.44 bits per heavy atom. The van der Waals surface area contributed by atoms with E-state index in [1.54, 1.807) is 0 Å². The molecule has 18 heavy (non-hydrogen) atoms. The first-order valence-corrected chi connectivity index (χ1v) is 6.04. The first kappa shape index (κ1) is 11.1. The Morgan fingerprint density at radius 2 is 1.72 bits per heavy atom. The molecule has 0 saturated heterocycles. The Morgan fingerprint density at radius 1 is 1.00 bits per heavy atom. The Balaban J connectivity index is 1.82. The van der Waals surface area contributed by atoms with E-state index in [4.69, 9.17) is 15.2 Å². The van der Waals surface area contributed by atoms with Gasteiger partial charge in [0.1, 0.15) is 6.61 Å². The second-order valence-electron chi connectivity index (χ2n) is 4.31. The summed E-state index contributed by atoms with van der Waals surface area (Å²) in [5.41, 5.74) is 7.82. The highest BCUT2D eigenvalue weighted by molar-refractivity contribution is 5.41. The van der Waals surface area contributed by atoms with Crippen molar-refractivity contribution >= 4 is 0 Å². The first-order valence-electron chi connectivity index (χ1n) is 6.04. The Labute approximate surface area is 106 Å². The molecule has 0 fully saturated rings. The van der Waals surface area contributed by atoms with Gasteiger partial charge in [-0.1, -0.05) is 36.4 Å². The van der Waals surface area contributed by atoms with E-state index in [-0.39, 0.29) is 6.10 Å². The number of hydrogen-bond donors (Lipinski definition) is 1. The fourth-order valence-corrected chi connectivity index (χ4v) is 2.05. The molecule has 3 rings (SSSR count). The molecule has 3 nitrogen and oxygen atoms in total. The Hall–Kier alpha value is -2.00. The van der Waals surface area contributed by atoms with E-state index in [1.807, 2.05) is 48.5 Å². The lowest BCUT2D eigenvalue weighted by molar-refractivity contribution is 0.0913. The van der Waals surface area contributed by atoms with Crippen LogP contribution in [-0.4, -0.2) is 6.61 Å². The zero-order chi connectivity index (χ0) is 12.4. The number of rotatable bonds is 2. The number of hydrogen-bond acceptors (Lipinski definition) is 3. The van der Waals surface area contributed by atoms with Crippen molar-refractivity contribution in [3.05, 3.63) is 59.7 Å². The lowest BCUT2D eigenvalue weighted by Crippen LogP contribution is -2.21. The molecule has 1 atom stereocenters. The van der Waals surface area contributed by atoms with Crippen LogP contribution in [-0.2, 0) is 6.54 Å². The molecule has 1 heterocycles. The molecule has 0 amide bonds. The van der Waals surface area contributed by atoms with Gasteiger partial charge < -0.3 is 15.2 Å². The smallest absolute Gasteiger partial charge is 0.162 e. The SMILES string of the molecule is NCc1ccc(C2COc3ccccc3O2)cc1. The van der Waals surface area contributed by atoms with Crippen molar-refractivity contribution in [1.29, 1.82) is 0 Å². The largest absolute Gasteiger partial charge is 0.485 e. The van der Waals surface area contributed by atoms with Gasteiger partial charge in [0.2, 0.25) is 0 Å². The molecule has 0 bridgehead atoms. The van der Waals surface area contributed by atoms with E-state index in [0.29, 0.717) is 13.2 Å². The summed E-state index contributed by atoms with van der Waals surface area (Å²) in [4.78, 5) is 0. The number of para-hydroxylation sites is 2. The molecule has 1 unspecified atom stereocenters. The molecule has 0 saturated carbocycles. The van der Waals surface area contributed by atoms with Crippen LogP contribution in [0.4, 0.5) is 0 Å². The fourth-order valence-electron chi connectivity index (χ4n) is 2.05. The van der Waals surface area contributed by atoms with E-state index in [0.717, 1.165) is 22.6 Å². The normalized spacial score (nSPS) is 17.5. The molecule has 3 heteroatoms. The van der Waals surface area contributed by atoms with Gasteiger partial charge in [0.25, 0.3) is 0 Å². The van der Waals surface area contributed by atoms with Crippen molar-refractivity contribution in [2.45, 2.75) is 12.6 Å². The topological polar surface area (TPSA) is 44.5 Å². The summed E-state index contributed by atoms with van der Waals surface area (Å²) < 4.78 is 11.6. The lowest BCUT2D eigenvalue weighted by atomic mass is 10.1. The minimum atomic E-state index is -0.0493. The number of fused-ring (bicyclic) bond motifs is 1. The number of nitrogens with two attached hydrogens (primary N) is 1. The van der Waals surface area contributed by atoms with Crippen molar-refractivity contribution in [2.75, 3.05) is 6.61 Å². The Kier molecular flexibility index (Phi) is 2.90. The van der Waals surface area contributed by atoms with Crippen LogP contribution in [0.25, 0.3) is 0 Å². The minimum absolute atomic E-state index is 0.0493. The summed E-state index contributed by atoms with van der Waals surface area (Å²) in [6, 6.07) is 15.9. The van der Waals surface area contributed by atoms with Gasteiger partial charge in [0, 0.05) is 6.54 Å². The first-order chi connectivity index (χ1) is 8.86. The van der Waals surface area contributed by atoms with Crippen molar-refractivity contribution in [3.63, 3.8) is 0 Å². The van der Waals surface area contributed by atoms with Crippen molar-refractivity contribution < 1.29 is 9.47 Å². The zero-order valence-corrected chi connectivity index (χ0v) is 10.0. The van der Waals surface area contributed by atoms with Gasteiger partial charge >= 0.3 is 0 Å². The van der Waals surface area contributed by atoms with E-state index >= 15 is 0 Å². The molecular formula is C15H15NO2. The molecule has 1 aliphatic heterocycles. The van der Waals surface area contributed by atoms with E-state index in [1.165, 1.54) is 0 Å². The van der Waals surface area contributed by atoms with Crippen LogP contribution in [0.5, 0.6) is 11.5 Å². The maximum atomic E-state index is 5.94. The van der Waals surface area contributed by atoms with Crippen LogP contribution in [0.1, 0.15) is 17.2 Å².